The fraction of sp³-hybridized carbons (Fsp3) is 0.0714. The Kier molecular flexibility index (Phi) is 5.21. The zero-order valence-corrected chi connectivity index (χ0v) is 10.4. The summed E-state index contributed by atoms with van der Waals surface area (Å²) in [5, 5.41) is 8.84. The fourth-order valence-electron chi connectivity index (χ4n) is 1.46. The summed E-state index contributed by atoms with van der Waals surface area (Å²) in [6.45, 7) is 0.434. The van der Waals surface area contributed by atoms with E-state index in [1.807, 2.05) is 30.3 Å². The molecule has 2 rings (SSSR count). The first-order valence-electron chi connectivity index (χ1n) is 5.26. The highest BCUT2D eigenvalue weighted by atomic mass is 35.5. The van der Waals surface area contributed by atoms with Crippen molar-refractivity contribution >= 4 is 18.4 Å². The van der Waals surface area contributed by atoms with Gasteiger partial charge in [0.15, 0.2) is 0 Å². The Labute approximate surface area is 111 Å². The molecular formula is C14H13ClO3. The van der Waals surface area contributed by atoms with E-state index < -0.39 is 5.97 Å². The molecule has 0 unspecified atom stereocenters. The Morgan fingerprint density at radius 2 is 1.78 bits per heavy atom. The summed E-state index contributed by atoms with van der Waals surface area (Å²) in [5.74, 6) is -0.385. The van der Waals surface area contributed by atoms with Gasteiger partial charge in [-0.1, -0.05) is 36.4 Å². The van der Waals surface area contributed by atoms with Crippen LogP contribution in [0.5, 0.6) is 5.75 Å². The molecule has 18 heavy (non-hydrogen) atoms. The molecule has 0 amide bonds. The quantitative estimate of drug-likeness (QED) is 0.921. The molecule has 0 fully saturated rings. The maximum Gasteiger partial charge on any atom is 0.335 e. The zero-order chi connectivity index (χ0) is 12.1. The molecule has 0 atom stereocenters. The second kappa shape index (κ2) is 6.67. The molecule has 0 saturated carbocycles. The lowest BCUT2D eigenvalue weighted by atomic mass is 10.2. The fourth-order valence-corrected chi connectivity index (χ4v) is 1.46. The van der Waals surface area contributed by atoms with Crippen molar-refractivity contribution in [3.63, 3.8) is 0 Å². The van der Waals surface area contributed by atoms with Crippen molar-refractivity contribution in [3.05, 3.63) is 65.7 Å². The van der Waals surface area contributed by atoms with Gasteiger partial charge in [-0.25, -0.2) is 4.79 Å². The molecule has 94 valence electrons. The maximum atomic E-state index is 10.8. The van der Waals surface area contributed by atoms with Gasteiger partial charge >= 0.3 is 5.97 Å². The zero-order valence-electron chi connectivity index (χ0n) is 9.58. The van der Waals surface area contributed by atoms with Crippen LogP contribution < -0.4 is 4.74 Å². The van der Waals surface area contributed by atoms with Crippen LogP contribution >= 0.6 is 12.4 Å². The maximum absolute atomic E-state index is 10.8. The minimum Gasteiger partial charge on any atom is -0.489 e. The second-order valence-corrected chi connectivity index (χ2v) is 3.61. The van der Waals surface area contributed by atoms with Crippen LogP contribution in [0.1, 0.15) is 15.9 Å². The molecule has 0 aliphatic heterocycles. The number of carboxylic acids is 1. The monoisotopic (exact) mass is 264 g/mol. The normalized spacial score (nSPS) is 9.33. The van der Waals surface area contributed by atoms with Crippen molar-refractivity contribution in [2.45, 2.75) is 6.61 Å². The van der Waals surface area contributed by atoms with Crippen LogP contribution in [-0.4, -0.2) is 11.1 Å². The van der Waals surface area contributed by atoms with Crippen molar-refractivity contribution in [1.29, 1.82) is 0 Å². The number of carbonyl (C=O) groups is 1. The van der Waals surface area contributed by atoms with E-state index in [-0.39, 0.29) is 18.0 Å². The number of carboxylic acid groups (broad SMARTS) is 1. The topological polar surface area (TPSA) is 46.5 Å². The number of rotatable bonds is 4. The SMILES string of the molecule is Cl.O=C(O)c1cccc(OCc2ccccc2)c1. The molecule has 4 heteroatoms. The lowest BCUT2D eigenvalue weighted by Gasteiger charge is -2.06. The van der Waals surface area contributed by atoms with Gasteiger partial charge in [-0.15, -0.1) is 12.4 Å². The minimum atomic E-state index is -0.949. The lowest BCUT2D eigenvalue weighted by molar-refractivity contribution is 0.0696. The van der Waals surface area contributed by atoms with E-state index in [0.717, 1.165) is 5.56 Å². The molecule has 0 aromatic heterocycles. The third-order valence-electron chi connectivity index (χ3n) is 2.33. The van der Waals surface area contributed by atoms with Gasteiger partial charge in [-0.05, 0) is 23.8 Å². The second-order valence-electron chi connectivity index (χ2n) is 3.61. The third kappa shape index (κ3) is 3.79. The van der Waals surface area contributed by atoms with Crippen molar-refractivity contribution < 1.29 is 14.6 Å². The Morgan fingerprint density at radius 1 is 1.06 bits per heavy atom. The van der Waals surface area contributed by atoms with Gasteiger partial charge in [-0.2, -0.15) is 0 Å². The molecule has 0 radical (unpaired) electrons. The number of benzene rings is 2. The van der Waals surface area contributed by atoms with Crippen LogP contribution in [0.2, 0.25) is 0 Å². The van der Waals surface area contributed by atoms with Crippen LogP contribution in [0.25, 0.3) is 0 Å². The Bertz CT molecular complexity index is 511. The van der Waals surface area contributed by atoms with E-state index >= 15 is 0 Å². The Morgan fingerprint density at radius 3 is 2.44 bits per heavy atom. The molecule has 0 aliphatic carbocycles. The van der Waals surface area contributed by atoms with Gasteiger partial charge in [0.25, 0.3) is 0 Å². The van der Waals surface area contributed by atoms with Gasteiger partial charge in [0.1, 0.15) is 12.4 Å². The first-order valence-corrected chi connectivity index (χ1v) is 5.26. The highest BCUT2D eigenvalue weighted by molar-refractivity contribution is 5.88. The van der Waals surface area contributed by atoms with Crippen molar-refractivity contribution in [3.8, 4) is 5.75 Å². The standard InChI is InChI=1S/C14H12O3.ClH/c15-14(16)12-7-4-8-13(9-12)17-10-11-5-2-1-3-6-11;/h1-9H,10H2,(H,15,16);1H. The van der Waals surface area contributed by atoms with Gasteiger partial charge < -0.3 is 9.84 Å². The van der Waals surface area contributed by atoms with Crippen molar-refractivity contribution in [1.82, 2.24) is 0 Å². The van der Waals surface area contributed by atoms with Crippen LogP contribution in [0.4, 0.5) is 0 Å². The number of ether oxygens (including phenoxy) is 1. The molecule has 2 aromatic rings. The Balaban J connectivity index is 0.00000162. The van der Waals surface area contributed by atoms with Crippen LogP contribution in [0.15, 0.2) is 54.6 Å². The molecule has 2 aromatic carbocycles. The van der Waals surface area contributed by atoms with Gasteiger partial charge in [0.2, 0.25) is 0 Å². The van der Waals surface area contributed by atoms with Crippen molar-refractivity contribution in [2.24, 2.45) is 0 Å². The molecule has 3 nitrogen and oxygen atoms in total. The summed E-state index contributed by atoms with van der Waals surface area (Å²) in [5.41, 5.74) is 1.28. The average molecular weight is 265 g/mol. The summed E-state index contributed by atoms with van der Waals surface area (Å²) in [7, 11) is 0. The largest absolute Gasteiger partial charge is 0.489 e. The Hall–Kier alpha value is -2.00. The number of aromatic carboxylic acids is 1. The highest BCUT2D eigenvalue weighted by Gasteiger charge is 2.03. The van der Waals surface area contributed by atoms with Crippen LogP contribution in [-0.2, 0) is 6.61 Å². The highest BCUT2D eigenvalue weighted by Crippen LogP contribution is 2.15. The molecule has 0 spiro atoms. The van der Waals surface area contributed by atoms with Gasteiger partial charge in [-0.3, -0.25) is 0 Å². The van der Waals surface area contributed by atoms with Gasteiger partial charge in [0, 0.05) is 0 Å². The minimum absolute atomic E-state index is 0. The number of hydrogen-bond donors (Lipinski definition) is 1. The lowest BCUT2D eigenvalue weighted by Crippen LogP contribution is -1.99. The summed E-state index contributed by atoms with van der Waals surface area (Å²) in [6, 6.07) is 16.2. The molecule has 0 heterocycles. The average Bonchev–Trinajstić information content (AvgIpc) is 2.38. The van der Waals surface area contributed by atoms with E-state index in [9.17, 15) is 4.79 Å². The van der Waals surface area contributed by atoms with E-state index in [2.05, 4.69) is 0 Å². The van der Waals surface area contributed by atoms with Gasteiger partial charge in [0.05, 0.1) is 5.56 Å². The number of halogens is 1. The number of hydrogen-bond acceptors (Lipinski definition) is 2. The summed E-state index contributed by atoms with van der Waals surface area (Å²) < 4.78 is 5.52. The smallest absolute Gasteiger partial charge is 0.335 e. The molecule has 1 N–H and O–H groups in total. The molecular weight excluding hydrogens is 252 g/mol. The van der Waals surface area contributed by atoms with E-state index in [1.165, 1.54) is 12.1 Å². The van der Waals surface area contributed by atoms with Crippen molar-refractivity contribution in [2.75, 3.05) is 0 Å². The first kappa shape index (κ1) is 14.1. The summed E-state index contributed by atoms with van der Waals surface area (Å²) in [6.07, 6.45) is 0. The molecule has 0 bridgehead atoms. The summed E-state index contributed by atoms with van der Waals surface area (Å²) >= 11 is 0. The summed E-state index contributed by atoms with van der Waals surface area (Å²) in [4.78, 5) is 10.8. The van der Waals surface area contributed by atoms with Crippen LogP contribution in [0.3, 0.4) is 0 Å². The first-order chi connectivity index (χ1) is 8.25. The van der Waals surface area contributed by atoms with Crippen LogP contribution in [0, 0.1) is 0 Å². The van der Waals surface area contributed by atoms with E-state index in [0.29, 0.717) is 12.4 Å². The molecule has 0 saturated heterocycles. The van der Waals surface area contributed by atoms with E-state index in [1.54, 1.807) is 12.1 Å². The predicted molar refractivity (Wildman–Crippen MR) is 71.4 cm³/mol. The molecule has 0 aliphatic rings. The third-order valence-corrected chi connectivity index (χ3v) is 2.33. The predicted octanol–water partition coefficient (Wildman–Crippen LogP) is 3.39. The van der Waals surface area contributed by atoms with E-state index in [4.69, 9.17) is 9.84 Å².